The van der Waals surface area contributed by atoms with Gasteiger partial charge < -0.3 is 4.98 Å². The van der Waals surface area contributed by atoms with Crippen LogP contribution in [-0.4, -0.2) is 30.3 Å². The van der Waals surface area contributed by atoms with Crippen LogP contribution in [0.3, 0.4) is 0 Å². The van der Waals surface area contributed by atoms with Crippen molar-refractivity contribution in [3.8, 4) is 22.5 Å². The van der Waals surface area contributed by atoms with Crippen LogP contribution >= 0.6 is 22.9 Å². The molecular formula is C25H18ClN5O3S. The van der Waals surface area contributed by atoms with Crippen LogP contribution in [0, 0.1) is 0 Å². The number of hydrogen-bond donors (Lipinski definition) is 1. The number of aromatic nitrogens is 5. The van der Waals surface area contributed by atoms with Crippen molar-refractivity contribution in [2.45, 2.75) is 12.8 Å². The largest absolute Gasteiger partial charge is 0.329 e. The van der Waals surface area contributed by atoms with Gasteiger partial charge in [0.2, 0.25) is 5.56 Å². The average Bonchev–Trinajstić information content (AvgIpc) is 3.52. The first-order valence-corrected chi connectivity index (χ1v) is 11.9. The Morgan fingerprint density at radius 1 is 1.06 bits per heavy atom. The van der Waals surface area contributed by atoms with Crippen LogP contribution in [0.4, 0.5) is 0 Å². The van der Waals surface area contributed by atoms with Gasteiger partial charge in [-0.25, -0.2) is 4.68 Å². The minimum absolute atomic E-state index is 0.00157. The molecule has 0 aliphatic rings. The third-order valence-corrected chi connectivity index (χ3v) is 6.68. The Balaban J connectivity index is 1.49. The number of carbonyl (C=O) groups is 1. The normalized spacial score (nSPS) is 11.0. The number of nitrogens with zero attached hydrogens (tertiary/aromatic N) is 4. The first kappa shape index (κ1) is 22.7. The highest BCUT2D eigenvalue weighted by molar-refractivity contribution is 7.18. The Labute approximate surface area is 208 Å². The van der Waals surface area contributed by atoms with E-state index in [2.05, 4.69) is 15.3 Å². The van der Waals surface area contributed by atoms with E-state index < -0.39 is 0 Å². The minimum atomic E-state index is -0.248. The molecular weight excluding hydrogens is 486 g/mol. The van der Waals surface area contributed by atoms with Crippen molar-refractivity contribution in [1.82, 2.24) is 24.5 Å². The van der Waals surface area contributed by atoms with Crippen LogP contribution in [0.2, 0.25) is 4.34 Å². The minimum Gasteiger partial charge on any atom is -0.329 e. The van der Waals surface area contributed by atoms with Crippen molar-refractivity contribution in [3.05, 3.63) is 115 Å². The number of ketones is 1. The number of aryl methyl sites for hydroxylation is 1. The maximum atomic E-state index is 12.4. The quantitative estimate of drug-likeness (QED) is 0.333. The van der Waals surface area contributed by atoms with E-state index in [0.29, 0.717) is 43.8 Å². The Hall–Kier alpha value is -4.08. The lowest BCUT2D eigenvalue weighted by molar-refractivity contribution is 0.0986. The molecule has 10 heteroatoms. The number of aromatic amines is 1. The zero-order valence-electron chi connectivity index (χ0n) is 18.2. The molecule has 4 heterocycles. The molecule has 0 spiro atoms. The molecule has 0 aliphatic carbocycles. The molecule has 174 valence electrons. The predicted molar refractivity (Wildman–Crippen MR) is 135 cm³/mol. The maximum Gasteiger partial charge on any atom is 0.255 e. The van der Waals surface area contributed by atoms with E-state index in [0.717, 1.165) is 0 Å². The van der Waals surface area contributed by atoms with Gasteiger partial charge in [-0.15, -0.1) is 16.4 Å². The number of H-pyrrole nitrogens is 1. The third kappa shape index (κ3) is 4.91. The second-order valence-corrected chi connectivity index (χ2v) is 9.45. The van der Waals surface area contributed by atoms with E-state index in [1.54, 1.807) is 59.7 Å². The van der Waals surface area contributed by atoms with Crippen molar-refractivity contribution in [3.63, 3.8) is 0 Å². The van der Waals surface area contributed by atoms with E-state index >= 15 is 0 Å². The first-order valence-electron chi connectivity index (χ1n) is 10.7. The molecule has 1 aromatic carbocycles. The molecule has 0 saturated carbocycles. The molecule has 8 nitrogen and oxygen atoms in total. The zero-order chi connectivity index (χ0) is 24.4. The Morgan fingerprint density at radius 2 is 1.94 bits per heavy atom. The fourth-order valence-corrected chi connectivity index (χ4v) is 4.73. The number of rotatable bonds is 7. The van der Waals surface area contributed by atoms with E-state index in [9.17, 15) is 14.4 Å². The molecule has 0 aliphatic heterocycles. The molecule has 0 fully saturated rings. The number of hydrogen-bond acceptors (Lipinski definition) is 6. The molecule has 4 aromatic heterocycles. The molecule has 0 radical (unpaired) electrons. The second kappa shape index (κ2) is 9.65. The SMILES string of the molecule is O=C(CCc1cn(-c2ccc(-n3ccccc3=O)cc2-c2cc[nH]c(=O)c2)nn1)c1ccc(Cl)s1. The molecule has 1 N–H and O–H groups in total. The van der Waals surface area contributed by atoms with Gasteiger partial charge in [0.15, 0.2) is 5.78 Å². The number of halogens is 1. The summed E-state index contributed by atoms with van der Waals surface area (Å²) >= 11 is 7.18. The summed E-state index contributed by atoms with van der Waals surface area (Å²) in [5.41, 5.74) is 2.93. The summed E-state index contributed by atoms with van der Waals surface area (Å²) in [5.74, 6) is -0.00157. The zero-order valence-corrected chi connectivity index (χ0v) is 19.8. The van der Waals surface area contributed by atoms with Gasteiger partial charge >= 0.3 is 0 Å². The van der Waals surface area contributed by atoms with Gasteiger partial charge in [-0.1, -0.05) is 22.9 Å². The lowest BCUT2D eigenvalue weighted by atomic mass is 10.0. The smallest absolute Gasteiger partial charge is 0.255 e. The van der Waals surface area contributed by atoms with E-state index in [1.807, 2.05) is 12.1 Å². The van der Waals surface area contributed by atoms with Gasteiger partial charge in [-0.05, 0) is 48.0 Å². The molecule has 0 unspecified atom stereocenters. The topological polar surface area (TPSA) is 103 Å². The molecule has 0 saturated heterocycles. The highest BCUT2D eigenvalue weighted by atomic mass is 35.5. The van der Waals surface area contributed by atoms with Gasteiger partial charge in [0.1, 0.15) is 0 Å². The number of thiophene rings is 1. The predicted octanol–water partition coefficient (Wildman–Crippen LogP) is 4.30. The van der Waals surface area contributed by atoms with E-state index in [4.69, 9.17) is 11.6 Å². The highest BCUT2D eigenvalue weighted by Gasteiger charge is 2.14. The van der Waals surface area contributed by atoms with Crippen molar-refractivity contribution in [2.75, 3.05) is 0 Å². The van der Waals surface area contributed by atoms with Gasteiger partial charge in [0.05, 0.1) is 26.8 Å². The lowest BCUT2D eigenvalue weighted by Crippen LogP contribution is -2.16. The van der Waals surface area contributed by atoms with Crippen LogP contribution in [0.25, 0.3) is 22.5 Å². The number of carbonyl (C=O) groups excluding carboxylic acids is 1. The highest BCUT2D eigenvalue weighted by Crippen LogP contribution is 2.28. The Kier molecular flexibility index (Phi) is 6.26. The number of pyridine rings is 2. The van der Waals surface area contributed by atoms with Crippen molar-refractivity contribution >= 4 is 28.7 Å². The Bertz CT molecular complexity index is 1650. The molecule has 5 rings (SSSR count). The molecule has 0 amide bonds. The van der Waals surface area contributed by atoms with Crippen LogP contribution in [0.15, 0.2) is 88.8 Å². The molecule has 5 aromatic rings. The number of benzene rings is 1. The fourth-order valence-electron chi connectivity index (χ4n) is 3.72. The summed E-state index contributed by atoms with van der Waals surface area (Å²) in [6.07, 6.45) is 5.72. The average molecular weight is 504 g/mol. The molecule has 0 atom stereocenters. The van der Waals surface area contributed by atoms with Crippen molar-refractivity contribution in [2.24, 2.45) is 0 Å². The van der Waals surface area contributed by atoms with Gasteiger partial charge in [0, 0.05) is 48.6 Å². The van der Waals surface area contributed by atoms with Crippen LogP contribution in [-0.2, 0) is 6.42 Å². The van der Waals surface area contributed by atoms with Crippen molar-refractivity contribution < 1.29 is 4.79 Å². The fraction of sp³-hybridized carbons (Fsp3) is 0.0800. The third-order valence-electron chi connectivity index (χ3n) is 5.41. The summed E-state index contributed by atoms with van der Waals surface area (Å²) in [5, 5.41) is 8.48. The van der Waals surface area contributed by atoms with Crippen LogP contribution < -0.4 is 11.1 Å². The van der Waals surface area contributed by atoms with Gasteiger partial charge in [-0.2, -0.15) is 0 Å². The van der Waals surface area contributed by atoms with Gasteiger partial charge in [0.25, 0.3) is 5.56 Å². The van der Waals surface area contributed by atoms with E-state index in [-0.39, 0.29) is 23.3 Å². The number of Topliss-reactive ketones (excluding diaryl/α,β-unsaturated/α-hetero) is 1. The summed E-state index contributed by atoms with van der Waals surface area (Å²) in [4.78, 5) is 40.0. The van der Waals surface area contributed by atoms with Crippen LogP contribution in [0.5, 0.6) is 0 Å². The molecule has 0 bridgehead atoms. The Morgan fingerprint density at radius 3 is 2.71 bits per heavy atom. The standard InChI is InChI=1S/C25H18ClN5O3S/c26-23-9-8-22(35-23)21(32)7-4-17-15-31(29-28-17)20-6-5-18(30-12-2-1-3-25(30)34)14-19(20)16-10-11-27-24(33)13-16/h1-3,5-6,8-15H,4,7H2,(H,27,33). The lowest BCUT2D eigenvalue weighted by Gasteiger charge is -2.13. The van der Waals surface area contributed by atoms with E-state index in [1.165, 1.54) is 28.0 Å². The summed E-state index contributed by atoms with van der Waals surface area (Å²) in [6.45, 7) is 0. The maximum absolute atomic E-state index is 12.4. The first-order chi connectivity index (χ1) is 17.0. The van der Waals surface area contributed by atoms with Crippen molar-refractivity contribution in [1.29, 1.82) is 0 Å². The monoisotopic (exact) mass is 503 g/mol. The molecule has 35 heavy (non-hydrogen) atoms. The number of nitrogens with one attached hydrogen (secondary N) is 1. The second-order valence-electron chi connectivity index (χ2n) is 7.73. The van der Waals surface area contributed by atoms with Crippen LogP contribution in [0.1, 0.15) is 21.8 Å². The summed E-state index contributed by atoms with van der Waals surface area (Å²) in [6, 6.07) is 17.1. The summed E-state index contributed by atoms with van der Waals surface area (Å²) < 4.78 is 3.71. The summed E-state index contributed by atoms with van der Waals surface area (Å²) in [7, 11) is 0. The van der Waals surface area contributed by atoms with Gasteiger partial charge in [-0.3, -0.25) is 19.0 Å².